The van der Waals surface area contributed by atoms with Gasteiger partial charge in [-0.15, -0.1) is 11.3 Å². The maximum Gasteiger partial charge on any atom is 0.252 e. The molecule has 1 N–H and O–H groups in total. The number of amides is 1. The summed E-state index contributed by atoms with van der Waals surface area (Å²) >= 11 is 1.23. The number of likely N-dealkylation sites (tertiary alicyclic amines) is 1. The zero-order chi connectivity index (χ0) is 21.0. The van der Waals surface area contributed by atoms with Crippen molar-refractivity contribution in [3.05, 3.63) is 52.9 Å². The summed E-state index contributed by atoms with van der Waals surface area (Å²) in [6, 6.07) is 11.8. The zero-order valence-electron chi connectivity index (χ0n) is 17.1. The first-order valence-corrected chi connectivity index (χ1v) is 13.0. The second kappa shape index (κ2) is 9.60. The molecule has 0 aliphatic carbocycles. The van der Waals surface area contributed by atoms with Crippen molar-refractivity contribution in [2.45, 2.75) is 43.0 Å². The van der Waals surface area contributed by atoms with Crippen molar-refractivity contribution in [2.24, 2.45) is 5.92 Å². The molecule has 1 amide bonds. The Morgan fingerprint density at radius 3 is 2.30 bits per heavy atom. The monoisotopic (exact) mass is 447 g/mol. The molecule has 2 fully saturated rings. The van der Waals surface area contributed by atoms with Gasteiger partial charge >= 0.3 is 0 Å². The van der Waals surface area contributed by atoms with Gasteiger partial charge in [-0.2, -0.15) is 4.31 Å². The molecule has 0 atom stereocenters. The van der Waals surface area contributed by atoms with Crippen LogP contribution in [-0.4, -0.2) is 49.7 Å². The quantitative estimate of drug-likeness (QED) is 0.708. The van der Waals surface area contributed by atoms with E-state index in [2.05, 4.69) is 34.5 Å². The molecule has 2 aliphatic heterocycles. The van der Waals surface area contributed by atoms with Gasteiger partial charge in [0.15, 0.2) is 0 Å². The summed E-state index contributed by atoms with van der Waals surface area (Å²) in [7, 11) is -3.42. The van der Waals surface area contributed by atoms with E-state index in [1.807, 2.05) is 0 Å². The Morgan fingerprint density at radius 2 is 1.67 bits per heavy atom. The van der Waals surface area contributed by atoms with Crippen molar-refractivity contribution in [1.82, 2.24) is 14.5 Å². The van der Waals surface area contributed by atoms with Crippen LogP contribution in [-0.2, 0) is 27.9 Å². The van der Waals surface area contributed by atoms with Gasteiger partial charge in [0, 0.05) is 32.1 Å². The van der Waals surface area contributed by atoms with Crippen LogP contribution in [0.5, 0.6) is 0 Å². The molecular formula is C22H29N3O3S2. The molecule has 0 radical (unpaired) electrons. The Bertz CT molecular complexity index is 929. The van der Waals surface area contributed by atoms with E-state index >= 15 is 0 Å². The largest absolute Gasteiger partial charge is 0.352 e. The van der Waals surface area contributed by atoms with Gasteiger partial charge in [0.2, 0.25) is 5.91 Å². The molecule has 2 aromatic rings. The number of carbonyl (C=O) groups is 1. The smallest absolute Gasteiger partial charge is 0.252 e. The summed E-state index contributed by atoms with van der Waals surface area (Å²) in [5.41, 5.74) is 2.40. The lowest BCUT2D eigenvalue weighted by Gasteiger charge is -2.30. The first-order valence-electron chi connectivity index (χ1n) is 10.6. The van der Waals surface area contributed by atoms with Crippen LogP contribution in [0.3, 0.4) is 0 Å². The van der Waals surface area contributed by atoms with E-state index < -0.39 is 10.0 Å². The third-order valence-corrected chi connectivity index (χ3v) is 9.28. The second-order valence-corrected chi connectivity index (χ2v) is 11.2. The summed E-state index contributed by atoms with van der Waals surface area (Å²) in [6.45, 7) is 4.67. The predicted molar refractivity (Wildman–Crippen MR) is 119 cm³/mol. The van der Waals surface area contributed by atoms with Crippen molar-refractivity contribution in [1.29, 1.82) is 0 Å². The zero-order valence-corrected chi connectivity index (χ0v) is 18.8. The summed E-state index contributed by atoms with van der Waals surface area (Å²) < 4.78 is 27.1. The maximum absolute atomic E-state index is 12.6. The van der Waals surface area contributed by atoms with Crippen molar-refractivity contribution in [3.63, 3.8) is 0 Å². The molecule has 6 nitrogen and oxygen atoms in total. The van der Waals surface area contributed by atoms with Crippen molar-refractivity contribution < 1.29 is 13.2 Å². The van der Waals surface area contributed by atoms with Gasteiger partial charge in [-0.1, -0.05) is 30.3 Å². The highest BCUT2D eigenvalue weighted by Gasteiger charge is 2.32. The van der Waals surface area contributed by atoms with E-state index in [0.29, 0.717) is 36.7 Å². The fourth-order valence-corrected chi connectivity index (χ4v) is 6.81. The molecule has 3 heterocycles. The lowest BCUT2D eigenvalue weighted by atomic mass is 9.97. The number of hydrogen-bond donors (Lipinski definition) is 1. The number of benzene rings is 1. The van der Waals surface area contributed by atoms with E-state index in [9.17, 15) is 13.2 Å². The van der Waals surface area contributed by atoms with Gasteiger partial charge in [0.1, 0.15) is 4.21 Å². The molecule has 4 rings (SSSR count). The first kappa shape index (κ1) is 21.5. The van der Waals surface area contributed by atoms with E-state index in [1.165, 1.54) is 47.1 Å². The lowest BCUT2D eigenvalue weighted by Crippen LogP contribution is -2.42. The molecule has 1 aromatic carbocycles. The highest BCUT2D eigenvalue weighted by Crippen LogP contribution is 2.26. The highest BCUT2D eigenvalue weighted by molar-refractivity contribution is 7.91. The molecule has 0 unspecified atom stereocenters. The Balaban J connectivity index is 1.23. The normalized spacial score (nSPS) is 19.2. The average Bonchev–Trinajstić information content (AvgIpc) is 3.48. The third kappa shape index (κ3) is 5.11. The highest BCUT2D eigenvalue weighted by atomic mass is 32.2. The van der Waals surface area contributed by atoms with Crippen LogP contribution in [0.4, 0.5) is 0 Å². The molecule has 30 heavy (non-hydrogen) atoms. The minimum atomic E-state index is -3.42. The van der Waals surface area contributed by atoms with Crippen LogP contribution in [0, 0.1) is 5.92 Å². The minimum Gasteiger partial charge on any atom is -0.352 e. The van der Waals surface area contributed by atoms with E-state index in [1.54, 1.807) is 17.5 Å². The topological polar surface area (TPSA) is 69.7 Å². The predicted octanol–water partition coefficient (Wildman–Crippen LogP) is 3.06. The lowest BCUT2D eigenvalue weighted by molar-refractivity contribution is -0.126. The van der Waals surface area contributed by atoms with Crippen LogP contribution < -0.4 is 5.32 Å². The number of rotatable bonds is 7. The molecule has 1 aromatic heterocycles. The van der Waals surface area contributed by atoms with E-state index in [0.717, 1.165) is 12.1 Å². The SMILES string of the molecule is O=C(NCc1ccc(CN2CCCC2)cc1)C1CCN(S(=O)(=O)c2cccs2)CC1. The van der Waals surface area contributed by atoms with Crippen molar-refractivity contribution in [2.75, 3.05) is 26.2 Å². The second-order valence-electron chi connectivity index (χ2n) is 8.13. The number of sulfonamides is 1. The first-order chi connectivity index (χ1) is 14.5. The van der Waals surface area contributed by atoms with E-state index in [-0.39, 0.29) is 11.8 Å². The van der Waals surface area contributed by atoms with Crippen LogP contribution in [0.25, 0.3) is 0 Å². The van der Waals surface area contributed by atoms with Gasteiger partial charge in [-0.3, -0.25) is 9.69 Å². The van der Waals surface area contributed by atoms with Crippen LogP contribution in [0.2, 0.25) is 0 Å². The van der Waals surface area contributed by atoms with Gasteiger partial charge in [-0.25, -0.2) is 8.42 Å². The summed E-state index contributed by atoms with van der Waals surface area (Å²) in [6.07, 6.45) is 3.71. The average molecular weight is 448 g/mol. The summed E-state index contributed by atoms with van der Waals surface area (Å²) in [4.78, 5) is 15.0. The Hall–Kier alpha value is -1.74. The number of nitrogens with zero attached hydrogens (tertiary/aromatic N) is 2. The van der Waals surface area contributed by atoms with Gasteiger partial charge in [0.05, 0.1) is 0 Å². The van der Waals surface area contributed by atoms with Gasteiger partial charge < -0.3 is 5.32 Å². The minimum absolute atomic E-state index is 0.0179. The van der Waals surface area contributed by atoms with Crippen molar-refractivity contribution in [3.8, 4) is 0 Å². The fourth-order valence-electron chi connectivity index (χ4n) is 4.19. The van der Waals surface area contributed by atoms with Crippen LogP contribution in [0.15, 0.2) is 46.0 Å². The number of carbonyl (C=O) groups excluding carboxylic acids is 1. The maximum atomic E-state index is 12.6. The standard InChI is InChI=1S/C22H29N3O3S2/c26-22(20-9-13-25(14-10-20)30(27,28)21-4-3-15-29-21)23-16-18-5-7-19(8-6-18)17-24-11-1-2-12-24/h3-8,15,20H,1-2,9-14,16-17H2,(H,23,26). The number of nitrogens with one attached hydrogen (secondary N) is 1. The molecule has 8 heteroatoms. The van der Waals surface area contributed by atoms with Crippen LogP contribution >= 0.6 is 11.3 Å². The molecule has 2 saturated heterocycles. The Labute approximate surface area is 182 Å². The molecule has 0 spiro atoms. The fraction of sp³-hybridized carbons (Fsp3) is 0.500. The van der Waals surface area contributed by atoms with Gasteiger partial charge in [0.25, 0.3) is 10.0 Å². The number of thiophene rings is 1. The van der Waals surface area contributed by atoms with Gasteiger partial charge in [-0.05, 0) is 61.3 Å². The third-order valence-electron chi connectivity index (χ3n) is 6.01. The van der Waals surface area contributed by atoms with Crippen LogP contribution in [0.1, 0.15) is 36.8 Å². The Morgan fingerprint density at radius 1 is 1.00 bits per heavy atom. The summed E-state index contributed by atoms with van der Waals surface area (Å²) in [5.74, 6) is -0.112. The van der Waals surface area contributed by atoms with Crippen molar-refractivity contribution >= 4 is 27.3 Å². The summed E-state index contributed by atoms with van der Waals surface area (Å²) in [5, 5.41) is 4.80. The molecule has 0 saturated carbocycles. The number of piperidine rings is 1. The Kier molecular flexibility index (Phi) is 6.87. The molecule has 162 valence electrons. The number of hydrogen-bond acceptors (Lipinski definition) is 5. The molecule has 2 aliphatic rings. The molecular weight excluding hydrogens is 418 g/mol. The van der Waals surface area contributed by atoms with E-state index in [4.69, 9.17) is 0 Å². The molecule has 0 bridgehead atoms.